The standard InChI is InChI=1S/C29H27N3O3S/c1-3-35-24-15-13-23(14-16-24)32-28(34)26(17-21-11-9-20(2)10-12-21)36-29(32)25(18-30)27(33)31-19-22-7-5-4-6-8-22/h4-16,26H,3,17,19H2,1-2H3,(H,31,33)/b29-25-. The molecule has 182 valence electrons. The number of anilines is 1. The number of amides is 2. The molecule has 1 unspecified atom stereocenters. The van der Waals surface area contributed by atoms with Crippen LogP contribution in [0.25, 0.3) is 0 Å². The number of ether oxygens (including phenoxy) is 1. The fraction of sp³-hybridized carbons (Fsp3) is 0.207. The zero-order valence-corrected chi connectivity index (χ0v) is 21.0. The molecule has 1 N–H and O–H groups in total. The van der Waals surface area contributed by atoms with E-state index in [0.29, 0.717) is 29.5 Å². The molecule has 0 aromatic heterocycles. The Morgan fingerprint density at radius 1 is 1.03 bits per heavy atom. The van der Waals surface area contributed by atoms with E-state index in [1.165, 1.54) is 16.7 Å². The summed E-state index contributed by atoms with van der Waals surface area (Å²) in [4.78, 5) is 28.2. The molecule has 1 aliphatic heterocycles. The number of hydrogen-bond donors (Lipinski definition) is 1. The molecule has 4 rings (SSSR count). The summed E-state index contributed by atoms with van der Waals surface area (Å²) in [6.07, 6.45) is 0.491. The number of nitriles is 1. The Labute approximate surface area is 215 Å². The number of nitrogens with one attached hydrogen (secondary N) is 1. The lowest BCUT2D eigenvalue weighted by molar-refractivity contribution is -0.117. The second-order valence-electron chi connectivity index (χ2n) is 8.36. The van der Waals surface area contributed by atoms with Crippen LogP contribution in [0.15, 0.2) is 89.5 Å². The van der Waals surface area contributed by atoms with Crippen molar-refractivity contribution in [2.45, 2.75) is 32.1 Å². The molecule has 3 aromatic rings. The maximum absolute atomic E-state index is 13.6. The van der Waals surface area contributed by atoms with Gasteiger partial charge in [-0.25, -0.2) is 0 Å². The minimum atomic E-state index is -0.511. The number of carbonyl (C=O) groups is 2. The number of benzene rings is 3. The first kappa shape index (κ1) is 25.1. The van der Waals surface area contributed by atoms with Crippen LogP contribution in [0.2, 0.25) is 0 Å². The van der Waals surface area contributed by atoms with Crippen LogP contribution in [0.4, 0.5) is 5.69 Å². The molecule has 0 saturated carbocycles. The van der Waals surface area contributed by atoms with Crippen LogP contribution in [0, 0.1) is 18.3 Å². The normalized spacial score (nSPS) is 16.4. The van der Waals surface area contributed by atoms with Gasteiger partial charge in [0.25, 0.3) is 5.91 Å². The van der Waals surface area contributed by atoms with Crippen molar-refractivity contribution in [1.29, 1.82) is 5.26 Å². The van der Waals surface area contributed by atoms with E-state index in [4.69, 9.17) is 4.74 Å². The second kappa shape index (κ2) is 11.6. The average Bonchev–Trinajstić information content (AvgIpc) is 3.21. The highest BCUT2D eigenvalue weighted by molar-refractivity contribution is 8.05. The van der Waals surface area contributed by atoms with Crippen molar-refractivity contribution in [3.8, 4) is 11.8 Å². The zero-order valence-electron chi connectivity index (χ0n) is 20.2. The molecule has 1 aliphatic rings. The third-order valence-corrected chi connectivity index (χ3v) is 7.01. The van der Waals surface area contributed by atoms with Crippen molar-refractivity contribution < 1.29 is 14.3 Å². The zero-order chi connectivity index (χ0) is 25.5. The quantitative estimate of drug-likeness (QED) is 0.344. The van der Waals surface area contributed by atoms with Gasteiger partial charge in [-0.15, -0.1) is 0 Å². The van der Waals surface area contributed by atoms with Crippen molar-refractivity contribution >= 4 is 29.3 Å². The van der Waals surface area contributed by atoms with Crippen LogP contribution in [0.1, 0.15) is 23.6 Å². The van der Waals surface area contributed by atoms with Gasteiger partial charge >= 0.3 is 0 Å². The molecule has 0 aliphatic carbocycles. The predicted octanol–water partition coefficient (Wildman–Crippen LogP) is 5.14. The first-order valence-corrected chi connectivity index (χ1v) is 12.6. The molecule has 1 heterocycles. The van der Waals surface area contributed by atoms with Crippen LogP contribution >= 0.6 is 11.8 Å². The first-order chi connectivity index (χ1) is 17.5. The van der Waals surface area contributed by atoms with Gasteiger partial charge in [0.15, 0.2) is 0 Å². The molecule has 1 fully saturated rings. The number of carbonyl (C=O) groups excluding carboxylic acids is 2. The van der Waals surface area contributed by atoms with Gasteiger partial charge in [0.05, 0.1) is 11.9 Å². The van der Waals surface area contributed by atoms with Crippen LogP contribution < -0.4 is 15.0 Å². The van der Waals surface area contributed by atoms with Crippen molar-refractivity contribution in [2.75, 3.05) is 11.5 Å². The summed E-state index contributed by atoms with van der Waals surface area (Å²) < 4.78 is 5.53. The third kappa shape index (κ3) is 5.78. The Morgan fingerprint density at radius 2 is 1.72 bits per heavy atom. The van der Waals surface area contributed by atoms with Crippen molar-refractivity contribution in [3.63, 3.8) is 0 Å². The molecule has 36 heavy (non-hydrogen) atoms. The SMILES string of the molecule is CCOc1ccc(N2C(=O)C(Cc3ccc(C)cc3)S/C2=C(/C#N)C(=O)NCc2ccccc2)cc1. The van der Waals surface area contributed by atoms with Gasteiger partial charge in [-0.1, -0.05) is 71.9 Å². The number of nitrogens with zero attached hydrogens (tertiary/aromatic N) is 2. The lowest BCUT2D eigenvalue weighted by Gasteiger charge is -2.19. The highest BCUT2D eigenvalue weighted by atomic mass is 32.2. The molecule has 6 nitrogen and oxygen atoms in total. The molecule has 2 amide bonds. The number of thioether (sulfide) groups is 1. The van der Waals surface area contributed by atoms with E-state index in [0.717, 1.165) is 16.7 Å². The summed E-state index contributed by atoms with van der Waals surface area (Å²) in [5, 5.41) is 12.7. The van der Waals surface area contributed by atoms with E-state index < -0.39 is 11.2 Å². The Balaban J connectivity index is 1.66. The van der Waals surface area contributed by atoms with Gasteiger partial charge in [-0.3, -0.25) is 14.5 Å². The summed E-state index contributed by atoms with van der Waals surface area (Å²) in [5.74, 6) is 0.00955. The largest absolute Gasteiger partial charge is 0.494 e. The molecule has 0 spiro atoms. The highest BCUT2D eigenvalue weighted by Crippen LogP contribution is 2.42. The number of aryl methyl sites for hydroxylation is 1. The monoisotopic (exact) mass is 497 g/mol. The minimum absolute atomic E-state index is 0.0791. The van der Waals surface area contributed by atoms with Gasteiger partial charge in [0.2, 0.25) is 5.91 Å². The Kier molecular flexibility index (Phi) is 8.09. The summed E-state index contributed by atoms with van der Waals surface area (Å²) in [7, 11) is 0. The van der Waals surface area contributed by atoms with Crippen molar-refractivity contribution in [3.05, 3.63) is 106 Å². The fourth-order valence-electron chi connectivity index (χ4n) is 3.88. The molecule has 0 radical (unpaired) electrons. The fourth-order valence-corrected chi connectivity index (χ4v) is 5.19. The van der Waals surface area contributed by atoms with Crippen LogP contribution in [-0.2, 0) is 22.6 Å². The highest BCUT2D eigenvalue weighted by Gasteiger charge is 2.40. The molecule has 0 bridgehead atoms. The van der Waals surface area contributed by atoms with E-state index in [-0.39, 0.29) is 18.0 Å². The lowest BCUT2D eigenvalue weighted by Crippen LogP contribution is -2.32. The molecule has 1 atom stereocenters. The maximum atomic E-state index is 13.6. The van der Waals surface area contributed by atoms with Gasteiger partial charge in [-0.05, 0) is 55.7 Å². The Morgan fingerprint density at radius 3 is 2.36 bits per heavy atom. The van der Waals surface area contributed by atoms with Gasteiger partial charge in [0, 0.05) is 12.2 Å². The van der Waals surface area contributed by atoms with Gasteiger partial charge in [0.1, 0.15) is 22.4 Å². The van der Waals surface area contributed by atoms with E-state index >= 15 is 0 Å². The molecular weight excluding hydrogens is 470 g/mol. The van der Waals surface area contributed by atoms with E-state index in [2.05, 4.69) is 11.4 Å². The summed E-state index contributed by atoms with van der Waals surface area (Å²) in [6, 6.07) is 26.7. The second-order valence-corrected chi connectivity index (χ2v) is 9.55. The summed E-state index contributed by atoms with van der Waals surface area (Å²) in [6.45, 7) is 4.73. The van der Waals surface area contributed by atoms with Crippen LogP contribution in [-0.4, -0.2) is 23.7 Å². The van der Waals surface area contributed by atoms with Crippen molar-refractivity contribution in [2.24, 2.45) is 0 Å². The van der Waals surface area contributed by atoms with Gasteiger partial charge < -0.3 is 10.1 Å². The topological polar surface area (TPSA) is 82.4 Å². The summed E-state index contributed by atoms with van der Waals surface area (Å²) in [5.41, 5.74) is 3.59. The first-order valence-electron chi connectivity index (χ1n) is 11.8. The number of hydrogen-bond acceptors (Lipinski definition) is 5. The maximum Gasteiger partial charge on any atom is 0.264 e. The summed E-state index contributed by atoms with van der Waals surface area (Å²) >= 11 is 1.26. The average molecular weight is 498 g/mol. The van der Waals surface area contributed by atoms with E-state index in [9.17, 15) is 14.9 Å². The molecular formula is C29H27N3O3S. The third-order valence-electron chi connectivity index (χ3n) is 5.75. The smallest absolute Gasteiger partial charge is 0.264 e. The van der Waals surface area contributed by atoms with Crippen LogP contribution in [0.5, 0.6) is 5.75 Å². The predicted molar refractivity (Wildman–Crippen MR) is 142 cm³/mol. The van der Waals surface area contributed by atoms with Crippen molar-refractivity contribution in [1.82, 2.24) is 5.32 Å². The van der Waals surface area contributed by atoms with E-state index in [1.54, 1.807) is 24.3 Å². The molecule has 1 saturated heterocycles. The van der Waals surface area contributed by atoms with E-state index in [1.807, 2.05) is 68.4 Å². The number of rotatable bonds is 8. The van der Waals surface area contributed by atoms with Gasteiger partial charge in [-0.2, -0.15) is 5.26 Å². The van der Waals surface area contributed by atoms with Crippen LogP contribution in [0.3, 0.4) is 0 Å². The molecule has 3 aromatic carbocycles. The molecule has 7 heteroatoms. The lowest BCUT2D eigenvalue weighted by atomic mass is 10.1. The Hall–Kier alpha value is -4.02. The minimum Gasteiger partial charge on any atom is -0.494 e. The Bertz CT molecular complexity index is 1300.